The predicted octanol–water partition coefficient (Wildman–Crippen LogP) is 1.62. The van der Waals surface area contributed by atoms with Gasteiger partial charge in [0, 0.05) is 30.2 Å². The molecule has 0 atom stereocenters. The molecule has 0 bridgehead atoms. The minimum Gasteiger partial charge on any atom is -0.618 e. The number of rotatable bonds is 2. The first-order chi connectivity index (χ1) is 7.22. The summed E-state index contributed by atoms with van der Waals surface area (Å²) in [6.07, 6.45) is 5.01. The van der Waals surface area contributed by atoms with Crippen molar-refractivity contribution < 1.29 is 4.73 Å². The average Bonchev–Trinajstić information content (AvgIpc) is 2.64. The highest BCUT2D eigenvalue weighted by Gasteiger charge is 2.15. The van der Waals surface area contributed by atoms with Crippen molar-refractivity contribution in [2.24, 2.45) is 7.05 Å². The van der Waals surface area contributed by atoms with E-state index < -0.39 is 0 Å². The molecule has 0 spiro atoms. The summed E-state index contributed by atoms with van der Waals surface area (Å²) in [5.74, 6) is 0. The lowest BCUT2D eigenvalue weighted by Gasteiger charge is -2.05. The quantitative estimate of drug-likeness (QED) is 0.472. The van der Waals surface area contributed by atoms with Gasteiger partial charge in [0.2, 0.25) is 5.69 Å². The third-order valence-electron chi connectivity index (χ3n) is 2.17. The highest BCUT2D eigenvalue weighted by atomic mass is 79.9. The van der Waals surface area contributed by atoms with Crippen LogP contribution in [0.5, 0.6) is 0 Å². The van der Waals surface area contributed by atoms with Gasteiger partial charge in [-0.25, -0.2) is 0 Å². The fourth-order valence-electron chi connectivity index (χ4n) is 1.50. The molecule has 0 saturated heterocycles. The van der Waals surface area contributed by atoms with Gasteiger partial charge in [-0.2, -0.15) is 9.83 Å². The second-order valence-electron chi connectivity index (χ2n) is 3.24. The number of alkyl halides is 1. The molecule has 0 aromatic carbocycles. The van der Waals surface area contributed by atoms with Crippen LogP contribution < -0.4 is 4.73 Å². The number of aromatic nitrogens is 3. The molecule has 15 heavy (non-hydrogen) atoms. The van der Waals surface area contributed by atoms with Crippen molar-refractivity contribution in [1.29, 1.82) is 0 Å². The normalized spacial score (nSPS) is 10.5. The molecule has 2 aromatic rings. The number of pyridine rings is 1. The fourth-order valence-corrected chi connectivity index (χ4v) is 1.95. The Morgan fingerprint density at radius 1 is 1.60 bits per heavy atom. The lowest BCUT2D eigenvalue weighted by atomic mass is 10.1. The smallest absolute Gasteiger partial charge is 0.231 e. The lowest BCUT2D eigenvalue weighted by molar-refractivity contribution is -0.594. The minimum atomic E-state index is 0.653. The largest absolute Gasteiger partial charge is 0.618 e. The summed E-state index contributed by atoms with van der Waals surface area (Å²) in [5.41, 5.74) is 2.45. The summed E-state index contributed by atoms with van der Waals surface area (Å²) < 4.78 is 2.55. The molecule has 2 aromatic heterocycles. The van der Waals surface area contributed by atoms with Gasteiger partial charge in [-0.05, 0) is 6.07 Å². The van der Waals surface area contributed by atoms with E-state index >= 15 is 0 Å². The summed E-state index contributed by atoms with van der Waals surface area (Å²) in [4.78, 5) is 0. The Labute approximate surface area is 95.9 Å². The zero-order valence-corrected chi connectivity index (χ0v) is 9.81. The molecule has 0 aliphatic rings. The highest BCUT2D eigenvalue weighted by molar-refractivity contribution is 9.08. The van der Waals surface area contributed by atoms with E-state index in [1.165, 1.54) is 6.20 Å². The van der Waals surface area contributed by atoms with Crippen LogP contribution in [-0.2, 0) is 12.4 Å². The zero-order valence-electron chi connectivity index (χ0n) is 8.22. The van der Waals surface area contributed by atoms with E-state index in [0.717, 1.165) is 15.9 Å². The van der Waals surface area contributed by atoms with Crippen LogP contribution in [0, 0.1) is 5.21 Å². The zero-order chi connectivity index (χ0) is 10.8. The summed E-state index contributed by atoms with van der Waals surface area (Å²) in [6.45, 7) is 0. The number of halogens is 1. The van der Waals surface area contributed by atoms with E-state index in [4.69, 9.17) is 0 Å². The van der Waals surface area contributed by atoms with Gasteiger partial charge in [0.05, 0.1) is 11.8 Å². The summed E-state index contributed by atoms with van der Waals surface area (Å²) >= 11 is 3.37. The van der Waals surface area contributed by atoms with Crippen LogP contribution >= 0.6 is 15.9 Å². The topological polar surface area (TPSA) is 44.8 Å². The van der Waals surface area contributed by atoms with Gasteiger partial charge in [0.25, 0.3) is 0 Å². The molecule has 0 unspecified atom stereocenters. The second-order valence-corrected chi connectivity index (χ2v) is 3.80. The molecular weight excluding hydrogens is 258 g/mol. The predicted molar refractivity (Wildman–Crippen MR) is 60.2 cm³/mol. The van der Waals surface area contributed by atoms with E-state index in [0.29, 0.717) is 11.0 Å². The molecule has 0 aliphatic heterocycles. The lowest BCUT2D eigenvalue weighted by Crippen LogP contribution is -2.29. The van der Waals surface area contributed by atoms with Gasteiger partial charge < -0.3 is 5.21 Å². The van der Waals surface area contributed by atoms with Gasteiger partial charge in [-0.1, -0.05) is 15.9 Å². The van der Waals surface area contributed by atoms with Crippen LogP contribution in [0.3, 0.4) is 0 Å². The van der Waals surface area contributed by atoms with E-state index in [1.54, 1.807) is 16.9 Å². The summed E-state index contributed by atoms with van der Waals surface area (Å²) in [6, 6.07) is 3.66. The van der Waals surface area contributed by atoms with Crippen molar-refractivity contribution in [1.82, 2.24) is 9.78 Å². The number of hydrogen-bond acceptors (Lipinski definition) is 2. The molecular formula is C10H10BrN3O. The van der Waals surface area contributed by atoms with Crippen molar-refractivity contribution in [3.8, 4) is 11.3 Å². The molecule has 5 heteroatoms. The van der Waals surface area contributed by atoms with Crippen LogP contribution in [0.4, 0.5) is 0 Å². The fraction of sp³-hybridized carbons (Fsp3) is 0.200. The van der Waals surface area contributed by atoms with Crippen LogP contribution in [-0.4, -0.2) is 9.78 Å². The van der Waals surface area contributed by atoms with Crippen molar-refractivity contribution in [3.63, 3.8) is 0 Å². The van der Waals surface area contributed by atoms with E-state index in [-0.39, 0.29) is 0 Å². The second kappa shape index (κ2) is 4.02. The molecule has 0 aliphatic carbocycles. The number of hydrogen-bond donors (Lipinski definition) is 0. The molecule has 0 radical (unpaired) electrons. The van der Waals surface area contributed by atoms with Crippen LogP contribution in [0.2, 0.25) is 0 Å². The number of aryl methyl sites for hydroxylation is 1. The molecule has 2 rings (SSSR count). The van der Waals surface area contributed by atoms with Gasteiger partial charge in [-0.3, -0.25) is 4.68 Å². The van der Waals surface area contributed by atoms with E-state index in [9.17, 15) is 5.21 Å². The molecule has 0 amide bonds. The standard InChI is InChI=1S/C10H10BrN3O/c1-13-7-9(6-12-13)10-8(5-11)3-2-4-14(10)15/h2-4,6-7H,5H2,1H3. The Balaban J connectivity index is 2.60. The van der Waals surface area contributed by atoms with Crippen molar-refractivity contribution >= 4 is 15.9 Å². The molecule has 0 saturated carbocycles. The minimum absolute atomic E-state index is 0.653. The van der Waals surface area contributed by atoms with Crippen molar-refractivity contribution in [3.05, 3.63) is 41.5 Å². The Morgan fingerprint density at radius 2 is 2.40 bits per heavy atom. The molecule has 2 heterocycles. The van der Waals surface area contributed by atoms with Crippen LogP contribution in [0.25, 0.3) is 11.3 Å². The summed E-state index contributed by atoms with van der Waals surface area (Å²) in [5, 5.41) is 16.4. The Bertz CT molecular complexity index is 481. The van der Waals surface area contributed by atoms with Crippen LogP contribution in [0.15, 0.2) is 30.7 Å². The molecule has 78 valence electrons. The first-order valence-corrected chi connectivity index (χ1v) is 5.60. The Hall–Kier alpha value is -1.36. The van der Waals surface area contributed by atoms with Crippen molar-refractivity contribution in [2.75, 3.05) is 0 Å². The summed E-state index contributed by atoms with van der Waals surface area (Å²) in [7, 11) is 1.83. The molecule has 0 fully saturated rings. The first-order valence-electron chi connectivity index (χ1n) is 4.48. The maximum absolute atomic E-state index is 11.7. The maximum Gasteiger partial charge on any atom is 0.231 e. The SMILES string of the molecule is Cn1cc(-c2c(CBr)ccc[n+]2[O-])cn1. The highest BCUT2D eigenvalue weighted by Crippen LogP contribution is 2.20. The Kier molecular flexibility index (Phi) is 2.73. The van der Waals surface area contributed by atoms with Crippen molar-refractivity contribution in [2.45, 2.75) is 5.33 Å². The van der Waals surface area contributed by atoms with E-state index in [2.05, 4.69) is 21.0 Å². The first kappa shape index (κ1) is 10.2. The van der Waals surface area contributed by atoms with E-state index in [1.807, 2.05) is 19.3 Å². The number of nitrogens with zero attached hydrogens (tertiary/aromatic N) is 3. The van der Waals surface area contributed by atoms with Crippen LogP contribution in [0.1, 0.15) is 5.56 Å². The van der Waals surface area contributed by atoms with Gasteiger partial charge in [-0.15, -0.1) is 0 Å². The molecule has 0 N–H and O–H groups in total. The third-order valence-corrected chi connectivity index (χ3v) is 2.77. The average molecular weight is 268 g/mol. The van der Waals surface area contributed by atoms with Gasteiger partial charge in [0.15, 0.2) is 6.20 Å². The monoisotopic (exact) mass is 267 g/mol. The molecule has 4 nitrogen and oxygen atoms in total. The maximum atomic E-state index is 11.7. The van der Waals surface area contributed by atoms with Gasteiger partial charge >= 0.3 is 0 Å². The third kappa shape index (κ3) is 1.87. The van der Waals surface area contributed by atoms with Gasteiger partial charge in [0.1, 0.15) is 0 Å². The Morgan fingerprint density at radius 3 is 3.00 bits per heavy atom.